The van der Waals surface area contributed by atoms with Crippen molar-refractivity contribution in [3.63, 3.8) is 0 Å². The highest BCUT2D eigenvalue weighted by Gasteiger charge is 2.21. The molecule has 0 atom stereocenters. The number of hydrogen-bond acceptors (Lipinski definition) is 7. The standard InChI is InChI=1S/C27H27N5O5/c1-37-25-15-18(5-9-24(25)32(35)36)17-4-7-20-22(14-17)29-21-8-6-19(16-23(21)30-27(20)34)28-26(33)10-13-31-11-2-3-12-31/h4-9,14-16,29H,2-3,10-13H2,1H3,(H,28,33)(H,30,34). The lowest BCUT2D eigenvalue weighted by Gasteiger charge is -2.15. The fourth-order valence-corrected chi connectivity index (χ4v) is 4.69. The first kappa shape index (κ1) is 24.3. The topological polar surface area (TPSA) is 126 Å². The molecule has 1 fully saturated rings. The summed E-state index contributed by atoms with van der Waals surface area (Å²) in [5.41, 5.74) is 4.24. The van der Waals surface area contributed by atoms with Crippen LogP contribution in [0.3, 0.4) is 0 Å². The molecule has 0 bridgehead atoms. The van der Waals surface area contributed by atoms with Gasteiger partial charge in [0.2, 0.25) is 5.91 Å². The molecule has 0 aliphatic carbocycles. The minimum atomic E-state index is -0.493. The van der Waals surface area contributed by atoms with E-state index in [1.54, 1.807) is 36.4 Å². The summed E-state index contributed by atoms with van der Waals surface area (Å²) in [5, 5.41) is 20.4. The minimum Gasteiger partial charge on any atom is -0.490 e. The number of hydrogen-bond donors (Lipinski definition) is 3. The summed E-state index contributed by atoms with van der Waals surface area (Å²) in [7, 11) is 1.39. The van der Waals surface area contributed by atoms with E-state index in [0.717, 1.165) is 25.2 Å². The van der Waals surface area contributed by atoms with Crippen LogP contribution in [0.4, 0.5) is 28.4 Å². The number of nitrogens with one attached hydrogen (secondary N) is 3. The van der Waals surface area contributed by atoms with E-state index in [-0.39, 0.29) is 23.3 Å². The smallest absolute Gasteiger partial charge is 0.310 e. The van der Waals surface area contributed by atoms with Gasteiger partial charge in [-0.15, -0.1) is 0 Å². The number of carbonyl (C=O) groups is 2. The number of ether oxygens (including phenoxy) is 1. The summed E-state index contributed by atoms with van der Waals surface area (Å²) in [6.45, 7) is 2.83. The zero-order valence-corrected chi connectivity index (χ0v) is 20.4. The maximum atomic E-state index is 13.0. The summed E-state index contributed by atoms with van der Waals surface area (Å²) >= 11 is 0. The van der Waals surface area contributed by atoms with Gasteiger partial charge in [-0.3, -0.25) is 19.7 Å². The summed E-state index contributed by atoms with van der Waals surface area (Å²) in [5.74, 6) is -0.193. The third-order valence-corrected chi connectivity index (χ3v) is 6.65. The third-order valence-electron chi connectivity index (χ3n) is 6.65. The van der Waals surface area contributed by atoms with Crippen molar-refractivity contribution >= 4 is 40.3 Å². The van der Waals surface area contributed by atoms with Crippen LogP contribution in [0.5, 0.6) is 5.75 Å². The minimum absolute atomic E-state index is 0.0637. The Labute approximate surface area is 213 Å². The van der Waals surface area contributed by atoms with Crippen molar-refractivity contribution in [1.29, 1.82) is 0 Å². The van der Waals surface area contributed by atoms with Crippen LogP contribution in [0.25, 0.3) is 11.1 Å². The quantitative estimate of drug-likeness (QED) is 0.307. The summed E-state index contributed by atoms with van der Waals surface area (Å²) in [6, 6.07) is 15.3. The van der Waals surface area contributed by atoms with E-state index in [2.05, 4.69) is 20.9 Å². The van der Waals surface area contributed by atoms with Crippen molar-refractivity contribution in [3.05, 3.63) is 70.3 Å². The molecule has 2 aliphatic heterocycles. The van der Waals surface area contributed by atoms with E-state index in [4.69, 9.17) is 4.74 Å². The van der Waals surface area contributed by atoms with E-state index in [1.165, 1.54) is 26.0 Å². The largest absolute Gasteiger partial charge is 0.490 e. The van der Waals surface area contributed by atoms with Crippen molar-refractivity contribution < 1.29 is 19.2 Å². The molecule has 2 heterocycles. The molecule has 0 aromatic heterocycles. The molecule has 3 aromatic carbocycles. The van der Waals surface area contributed by atoms with Gasteiger partial charge in [0.15, 0.2) is 5.75 Å². The SMILES string of the molecule is COc1cc(-c2ccc3c(c2)Nc2ccc(NC(=O)CCN4CCCC4)cc2NC3=O)ccc1[N+](=O)[O-]. The molecule has 10 nitrogen and oxygen atoms in total. The number of anilines is 4. The van der Waals surface area contributed by atoms with E-state index in [9.17, 15) is 19.7 Å². The number of nitro groups is 1. The number of fused-ring (bicyclic) bond motifs is 2. The third kappa shape index (κ3) is 5.24. The number of amides is 2. The van der Waals surface area contributed by atoms with E-state index >= 15 is 0 Å². The molecule has 2 amide bonds. The van der Waals surface area contributed by atoms with Crippen LogP contribution in [0.2, 0.25) is 0 Å². The average Bonchev–Trinajstić information content (AvgIpc) is 3.37. The molecule has 0 saturated carbocycles. The number of benzene rings is 3. The Hall–Kier alpha value is -4.44. The van der Waals surface area contributed by atoms with Crippen LogP contribution in [0.1, 0.15) is 29.6 Å². The molecule has 0 unspecified atom stereocenters. The number of nitro benzene ring substituents is 1. The Balaban J connectivity index is 1.35. The summed E-state index contributed by atoms with van der Waals surface area (Å²) < 4.78 is 5.19. The van der Waals surface area contributed by atoms with Gasteiger partial charge < -0.3 is 25.6 Å². The zero-order valence-electron chi connectivity index (χ0n) is 20.4. The van der Waals surface area contributed by atoms with E-state index in [0.29, 0.717) is 40.3 Å². The Morgan fingerprint density at radius 3 is 2.51 bits per heavy atom. The fraction of sp³-hybridized carbons (Fsp3) is 0.259. The maximum absolute atomic E-state index is 13.0. The number of rotatable bonds is 7. The Bertz CT molecular complexity index is 1380. The Kier molecular flexibility index (Phi) is 6.74. The lowest BCUT2D eigenvalue weighted by Crippen LogP contribution is -2.25. The first-order chi connectivity index (χ1) is 17.9. The van der Waals surface area contributed by atoms with E-state index in [1.807, 2.05) is 12.1 Å². The van der Waals surface area contributed by atoms with Crippen molar-refractivity contribution in [2.45, 2.75) is 19.3 Å². The van der Waals surface area contributed by atoms with Gasteiger partial charge in [0.1, 0.15) is 0 Å². The normalized spacial score (nSPS) is 14.6. The van der Waals surface area contributed by atoms with Gasteiger partial charge in [0, 0.05) is 24.7 Å². The van der Waals surface area contributed by atoms with Crippen LogP contribution in [0, 0.1) is 10.1 Å². The molecule has 5 rings (SSSR count). The van der Waals surface area contributed by atoms with Gasteiger partial charge >= 0.3 is 5.69 Å². The first-order valence-corrected chi connectivity index (χ1v) is 12.1. The van der Waals surface area contributed by atoms with Crippen molar-refractivity contribution in [1.82, 2.24) is 4.90 Å². The average molecular weight is 502 g/mol. The number of carbonyl (C=O) groups excluding carboxylic acids is 2. The second-order valence-electron chi connectivity index (χ2n) is 9.09. The lowest BCUT2D eigenvalue weighted by molar-refractivity contribution is -0.385. The van der Waals surface area contributed by atoms with Crippen molar-refractivity contribution in [3.8, 4) is 16.9 Å². The molecular weight excluding hydrogens is 474 g/mol. The molecule has 190 valence electrons. The molecule has 37 heavy (non-hydrogen) atoms. The number of nitrogens with zero attached hydrogens (tertiary/aromatic N) is 2. The molecule has 10 heteroatoms. The zero-order chi connectivity index (χ0) is 25.9. The highest BCUT2D eigenvalue weighted by molar-refractivity contribution is 6.13. The Morgan fingerprint density at radius 2 is 1.76 bits per heavy atom. The molecule has 3 N–H and O–H groups in total. The van der Waals surface area contributed by atoms with Crippen LogP contribution >= 0.6 is 0 Å². The summed E-state index contributed by atoms with van der Waals surface area (Å²) in [4.78, 5) is 38.4. The highest BCUT2D eigenvalue weighted by atomic mass is 16.6. The predicted molar refractivity (Wildman–Crippen MR) is 142 cm³/mol. The van der Waals surface area contributed by atoms with Crippen LogP contribution in [-0.2, 0) is 4.79 Å². The number of methoxy groups -OCH3 is 1. The fourth-order valence-electron chi connectivity index (χ4n) is 4.69. The second kappa shape index (κ2) is 10.3. The molecule has 0 radical (unpaired) electrons. The van der Waals surface area contributed by atoms with Crippen molar-refractivity contribution in [2.24, 2.45) is 0 Å². The molecular formula is C27H27N5O5. The second-order valence-corrected chi connectivity index (χ2v) is 9.09. The van der Waals surface area contributed by atoms with Gasteiger partial charge in [-0.2, -0.15) is 0 Å². The van der Waals surface area contributed by atoms with Gasteiger partial charge in [0.05, 0.1) is 34.7 Å². The molecule has 1 saturated heterocycles. The van der Waals surface area contributed by atoms with Gasteiger partial charge in [-0.05, 0) is 79.5 Å². The molecule has 0 spiro atoms. The lowest BCUT2D eigenvalue weighted by atomic mass is 10.0. The van der Waals surface area contributed by atoms with Gasteiger partial charge in [-0.25, -0.2) is 0 Å². The summed E-state index contributed by atoms with van der Waals surface area (Å²) in [6.07, 6.45) is 2.79. The van der Waals surface area contributed by atoms with Crippen LogP contribution in [-0.4, -0.2) is 48.4 Å². The number of likely N-dealkylation sites (tertiary alicyclic amines) is 1. The Morgan fingerprint density at radius 1 is 1.00 bits per heavy atom. The van der Waals surface area contributed by atoms with Crippen LogP contribution in [0.15, 0.2) is 54.6 Å². The van der Waals surface area contributed by atoms with Crippen LogP contribution < -0.4 is 20.7 Å². The van der Waals surface area contributed by atoms with Gasteiger partial charge in [0.25, 0.3) is 5.91 Å². The predicted octanol–water partition coefficient (Wildman–Crippen LogP) is 5.00. The van der Waals surface area contributed by atoms with Gasteiger partial charge in [-0.1, -0.05) is 6.07 Å². The maximum Gasteiger partial charge on any atom is 0.310 e. The molecule has 3 aromatic rings. The highest BCUT2D eigenvalue weighted by Crippen LogP contribution is 2.38. The van der Waals surface area contributed by atoms with Crippen molar-refractivity contribution in [2.75, 3.05) is 42.7 Å². The molecule has 2 aliphatic rings. The monoisotopic (exact) mass is 501 g/mol. The first-order valence-electron chi connectivity index (χ1n) is 12.1. The van der Waals surface area contributed by atoms with E-state index < -0.39 is 4.92 Å².